The van der Waals surface area contributed by atoms with Crippen molar-refractivity contribution >= 4 is 10.8 Å². The molecule has 0 fully saturated rings. The molecule has 12 heavy (non-hydrogen) atoms. The molecule has 0 unspecified atom stereocenters. The van der Waals surface area contributed by atoms with Gasteiger partial charge in [-0.25, -0.2) is 9.37 Å². The molecule has 1 heterocycles. The zero-order chi connectivity index (χ0) is 8.55. The second-order valence-corrected chi connectivity index (χ2v) is 2.47. The van der Waals surface area contributed by atoms with E-state index in [-0.39, 0.29) is 5.39 Å². The topological polar surface area (TPSA) is 12.9 Å². The van der Waals surface area contributed by atoms with Crippen molar-refractivity contribution in [1.82, 2.24) is 4.98 Å². The molecule has 1 aromatic heterocycles. The second-order valence-electron chi connectivity index (χ2n) is 2.47. The van der Waals surface area contributed by atoms with E-state index in [1.807, 2.05) is 0 Å². The summed E-state index contributed by atoms with van der Waals surface area (Å²) in [6.07, 6.45) is 1.31. The van der Waals surface area contributed by atoms with Crippen LogP contribution in [-0.2, 0) is 0 Å². The molecular weight excluding hydrogens is 160 g/mol. The van der Waals surface area contributed by atoms with E-state index < -0.39 is 11.8 Å². The lowest BCUT2D eigenvalue weighted by Crippen LogP contribution is -1.84. The van der Waals surface area contributed by atoms with Crippen LogP contribution in [0, 0.1) is 11.8 Å². The Morgan fingerprint density at radius 3 is 2.83 bits per heavy atom. The van der Waals surface area contributed by atoms with Gasteiger partial charge in [-0.1, -0.05) is 12.1 Å². The standard InChI is InChI=1S/C9H5F2N/c10-8-3-1-2-6-5-12-9(11)4-7(6)8/h1-5H. The Morgan fingerprint density at radius 2 is 2.00 bits per heavy atom. The number of hydrogen-bond donors (Lipinski definition) is 0. The van der Waals surface area contributed by atoms with Gasteiger partial charge in [-0.15, -0.1) is 0 Å². The molecule has 3 heteroatoms. The highest BCUT2D eigenvalue weighted by Gasteiger charge is 2.00. The highest BCUT2D eigenvalue weighted by atomic mass is 19.1. The number of pyridine rings is 1. The Kier molecular flexibility index (Phi) is 1.50. The summed E-state index contributed by atoms with van der Waals surface area (Å²) in [6.45, 7) is 0. The molecule has 60 valence electrons. The van der Waals surface area contributed by atoms with Gasteiger partial charge in [0.15, 0.2) is 0 Å². The zero-order valence-corrected chi connectivity index (χ0v) is 6.09. The van der Waals surface area contributed by atoms with Crippen molar-refractivity contribution in [1.29, 1.82) is 0 Å². The molecule has 0 saturated heterocycles. The van der Waals surface area contributed by atoms with Crippen molar-refractivity contribution in [2.45, 2.75) is 0 Å². The van der Waals surface area contributed by atoms with E-state index in [9.17, 15) is 8.78 Å². The molecule has 2 rings (SSSR count). The van der Waals surface area contributed by atoms with Crippen LogP contribution in [0.2, 0.25) is 0 Å². The molecule has 0 radical (unpaired) electrons. The number of rotatable bonds is 0. The molecule has 0 N–H and O–H groups in total. The minimum atomic E-state index is -0.660. The summed E-state index contributed by atoms with van der Waals surface area (Å²) < 4.78 is 25.5. The van der Waals surface area contributed by atoms with Crippen LogP contribution in [0.1, 0.15) is 0 Å². The molecule has 0 amide bonds. The third kappa shape index (κ3) is 1.03. The van der Waals surface area contributed by atoms with Gasteiger partial charge in [0.1, 0.15) is 5.82 Å². The van der Waals surface area contributed by atoms with E-state index in [2.05, 4.69) is 4.98 Å². The van der Waals surface area contributed by atoms with E-state index in [1.54, 1.807) is 12.1 Å². The first-order chi connectivity index (χ1) is 5.77. The van der Waals surface area contributed by atoms with Crippen molar-refractivity contribution in [3.63, 3.8) is 0 Å². The van der Waals surface area contributed by atoms with E-state index in [0.29, 0.717) is 5.39 Å². The molecule has 0 aliphatic rings. The second kappa shape index (κ2) is 2.52. The van der Waals surface area contributed by atoms with Crippen LogP contribution in [0.4, 0.5) is 8.78 Å². The lowest BCUT2D eigenvalue weighted by Gasteiger charge is -1.96. The molecule has 1 aromatic carbocycles. The maximum Gasteiger partial charge on any atom is 0.213 e. The quantitative estimate of drug-likeness (QED) is 0.546. The zero-order valence-electron chi connectivity index (χ0n) is 6.09. The van der Waals surface area contributed by atoms with Gasteiger partial charge in [0.25, 0.3) is 0 Å². The predicted molar refractivity (Wildman–Crippen MR) is 41.7 cm³/mol. The first-order valence-electron chi connectivity index (χ1n) is 3.47. The maximum atomic E-state index is 13.0. The first-order valence-corrected chi connectivity index (χ1v) is 3.47. The van der Waals surface area contributed by atoms with Crippen LogP contribution < -0.4 is 0 Å². The number of nitrogens with zero attached hydrogens (tertiary/aromatic N) is 1. The van der Waals surface area contributed by atoms with Crippen molar-refractivity contribution in [2.75, 3.05) is 0 Å². The Bertz CT molecular complexity index is 426. The maximum absolute atomic E-state index is 13.0. The number of aromatic nitrogens is 1. The summed E-state index contributed by atoms with van der Waals surface area (Å²) in [5.41, 5.74) is 0. The minimum Gasteiger partial charge on any atom is -0.228 e. The molecule has 0 saturated carbocycles. The molecule has 0 spiro atoms. The van der Waals surface area contributed by atoms with Gasteiger partial charge in [-0.2, -0.15) is 4.39 Å². The third-order valence-electron chi connectivity index (χ3n) is 1.68. The van der Waals surface area contributed by atoms with Gasteiger partial charge in [-0.3, -0.25) is 0 Å². The lowest BCUT2D eigenvalue weighted by molar-refractivity contribution is 0.583. The molecule has 1 nitrogen and oxygen atoms in total. The van der Waals surface area contributed by atoms with Crippen LogP contribution in [0.25, 0.3) is 10.8 Å². The van der Waals surface area contributed by atoms with E-state index in [1.165, 1.54) is 12.3 Å². The van der Waals surface area contributed by atoms with Crippen LogP contribution in [0.5, 0.6) is 0 Å². The summed E-state index contributed by atoms with van der Waals surface area (Å²) in [6, 6.07) is 5.63. The van der Waals surface area contributed by atoms with Gasteiger partial charge in [-0.05, 0) is 6.07 Å². The number of hydrogen-bond acceptors (Lipinski definition) is 1. The fourth-order valence-corrected chi connectivity index (χ4v) is 1.11. The molecule has 0 bridgehead atoms. The summed E-state index contributed by atoms with van der Waals surface area (Å²) in [7, 11) is 0. The van der Waals surface area contributed by atoms with Crippen molar-refractivity contribution in [2.24, 2.45) is 0 Å². The molecular formula is C9H5F2N. The molecule has 2 aromatic rings. The highest BCUT2D eigenvalue weighted by Crippen LogP contribution is 2.16. The van der Waals surface area contributed by atoms with Gasteiger partial charge in [0, 0.05) is 23.0 Å². The fraction of sp³-hybridized carbons (Fsp3) is 0. The first kappa shape index (κ1) is 7.16. The summed E-state index contributed by atoms with van der Waals surface area (Å²) in [5, 5.41) is 0.876. The van der Waals surface area contributed by atoms with Gasteiger partial charge in [0.05, 0.1) is 0 Å². The van der Waals surface area contributed by atoms with Crippen LogP contribution in [0.3, 0.4) is 0 Å². The predicted octanol–water partition coefficient (Wildman–Crippen LogP) is 2.51. The van der Waals surface area contributed by atoms with Crippen LogP contribution >= 0.6 is 0 Å². The van der Waals surface area contributed by atoms with Crippen molar-refractivity contribution < 1.29 is 8.78 Å². The van der Waals surface area contributed by atoms with Gasteiger partial charge >= 0.3 is 0 Å². The molecule has 0 aliphatic carbocycles. The van der Waals surface area contributed by atoms with E-state index in [4.69, 9.17) is 0 Å². The number of fused-ring (bicyclic) bond motifs is 1. The number of benzene rings is 1. The molecule has 0 atom stereocenters. The van der Waals surface area contributed by atoms with E-state index in [0.717, 1.165) is 6.07 Å². The largest absolute Gasteiger partial charge is 0.228 e. The van der Waals surface area contributed by atoms with Gasteiger partial charge < -0.3 is 0 Å². The Balaban J connectivity index is 2.88. The minimum absolute atomic E-state index is 0.269. The molecule has 0 aliphatic heterocycles. The number of halogens is 2. The average molecular weight is 165 g/mol. The van der Waals surface area contributed by atoms with Crippen molar-refractivity contribution in [3.8, 4) is 0 Å². The SMILES string of the molecule is Fc1cc2c(F)cccc2cn1. The van der Waals surface area contributed by atoms with Gasteiger partial charge in [0.2, 0.25) is 5.95 Å². The summed E-state index contributed by atoms with van der Waals surface area (Å²) in [5.74, 6) is -1.08. The third-order valence-corrected chi connectivity index (χ3v) is 1.68. The fourth-order valence-electron chi connectivity index (χ4n) is 1.11. The van der Waals surface area contributed by atoms with Crippen LogP contribution in [0.15, 0.2) is 30.5 Å². The van der Waals surface area contributed by atoms with Crippen molar-refractivity contribution in [3.05, 3.63) is 42.2 Å². The summed E-state index contributed by atoms with van der Waals surface area (Å²) in [4.78, 5) is 3.42. The Morgan fingerprint density at radius 1 is 1.17 bits per heavy atom. The summed E-state index contributed by atoms with van der Waals surface area (Å²) >= 11 is 0. The lowest BCUT2D eigenvalue weighted by atomic mass is 10.2. The Labute approximate surface area is 67.7 Å². The monoisotopic (exact) mass is 165 g/mol. The smallest absolute Gasteiger partial charge is 0.213 e. The van der Waals surface area contributed by atoms with Crippen LogP contribution in [-0.4, -0.2) is 4.98 Å². The highest BCUT2D eigenvalue weighted by molar-refractivity contribution is 5.81. The normalized spacial score (nSPS) is 10.5. The van der Waals surface area contributed by atoms with E-state index >= 15 is 0 Å². The Hall–Kier alpha value is -1.51. The average Bonchev–Trinajstić information content (AvgIpc) is 2.07.